The highest BCUT2D eigenvalue weighted by atomic mass is 35.5. The number of ether oxygens (including phenoxy) is 1. The van der Waals surface area contributed by atoms with E-state index >= 15 is 0 Å². The molecule has 0 saturated carbocycles. The molecule has 1 amide bonds. The van der Waals surface area contributed by atoms with Crippen LogP contribution in [0.5, 0.6) is 5.75 Å². The van der Waals surface area contributed by atoms with Crippen LogP contribution in [-0.4, -0.2) is 55.3 Å². The molecule has 14 nitrogen and oxygen atoms in total. The molecule has 0 saturated heterocycles. The topological polar surface area (TPSA) is 231 Å². The van der Waals surface area contributed by atoms with Gasteiger partial charge in [-0.05, 0) is 49.3 Å². The Morgan fingerprint density at radius 2 is 1.74 bits per heavy atom. The van der Waals surface area contributed by atoms with Crippen molar-refractivity contribution in [2.75, 3.05) is 11.8 Å². The second-order valence-corrected chi connectivity index (χ2v) is 9.53. The molecular weight excluding hydrogens is 577 g/mol. The molecule has 1 heterocycles. The minimum absolute atomic E-state index is 0.0172. The maximum atomic E-state index is 13.1. The molecule has 0 aliphatic rings. The van der Waals surface area contributed by atoms with E-state index in [1.807, 2.05) is 0 Å². The molecule has 2 unspecified atom stereocenters. The average molecular weight is 601 g/mol. The number of aryl methyl sites for hydroxylation is 1. The standard InChI is InChI=1S/C18H23ClN6O6S.C2HF3O2/c1-9-4-6-12(24-32(28,29)14-8-11(19)5-7-13(14)30-3)17(27)25(9)15(16(20)26)10(2)31-23-18(21)22;3-2(4,5)1(6)7/h4-8,10,15,24H,1-3H3,(H2,20,26)(H4,21,22,23);(H,6,7). The summed E-state index contributed by atoms with van der Waals surface area (Å²) in [5.74, 6) is -4.07. The van der Waals surface area contributed by atoms with E-state index in [9.17, 15) is 31.2 Å². The summed E-state index contributed by atoms with van der Waals surface area (Å²) in [7, 11) is -3.01. The van der Waals surface area contributed by atoms with Crippen LogP contribution in [0.3, 0.4) is 0 Å². The van der Waals surface area contributed by atoms with Gasteiger partial charge in [0.05, 0.1) is 7.11 Å². The van der Waals surface area contributed by atoms with Crippen LogP contribution in [0.25, 0.3) is 0 Å². The Hall–Kier alpha value is -4.19. The fourth-order valence-electron chi connectivity index (χ4n) is 2.90. The number of carbonyl (C=O) groups is 2. The molecule has 0 fully saturated rings. The zero-order valence-electron chi connectivity index (χ0n) is 20.4. The van der Waals surface area contributed by atoms with Crippen LogP contribution in [0.1, 0.15) is 18.7 Å². The molecule has 39 heavy (non-hydrogen) atoms. The smallest absolute Gasteiger partial charge is 0.490 e. The van der Waals surface area contributed by atoms with Crippen LogP contribution in [-0.2, 0) is 24.4 Å². The molecule has 1 aromatic heterocycles. The number of primary amides is 1. The number of carboxylic acids is 1. The van der Waals surface area contributed by atoms with Crippen molar-refractivity contribution in [2.24, 2.45) is 22.4 Å². The van der Waals surface area contributed by atoms with Gasteiger partial charge in [-0.25, -0.2) is 13.2 Å². The Kier molecular flexibility index (Phi) is 11.0. The van der Waals surface area contributed by atoms with Gasteiger partial charge in [0.1, 0.15) is 16.3 Å². The lowest BCUT2D eigenvalue weighted by Gasteiger charge is -2.24. The van der Waals surface area contributed by atoms with E-state index in [1.165, 1.54) is 51.3 Å². The van der Waals surface area contributed by atoms with E-state index in [1.54, 1.807) is 0 Å². The molecule has 0 aliphatic carbocycles. The highest BCUT2D eigenvalue weighted by Crippen LogP contribution is 2.28. The van der Waals surface area contributed by atoms with Crippen molar-refractivity contribution in [1.82, 2.24) is 4.57 Å². The summed E-state index contributed by atoms with van der Waals surface area (Å²) < 4.78 is 65.9. The van der Waals surface area contributed by atoms with Crippen molar-refractivity contribution in [1.29, 1.82) is 0 Å². The van der Waals surface area contributed by atoms with Crippen LogP contribution in [0.4, 0.5) is 18.9 Å². The number of rotatable bonds is 9. The Morgan fingerprint density at radius 3 is 2.21 bits per heavy atom. The van der Waals surface area contributed by atoms with Crippen LogP contribution in [0.2, 0.25) is 5.02 Å². The summed E-state index contributed by atoms with van der Waals surface area (Å²) in [6.45, 7) is 2.95. The largest absolute Gasteiger partial charge is 0.495 e. The van der Waals surface area contributed by atoms with Gasteiger partial charge < -0.3 is 31.9 Å². The van der Waals surface area contributed by atoms with E-state index < -0.39 is 51.7 Å². The number of anilines is 1. The highest BCUT2D eigenvalue weighted by molar-refractivity contribution is 7.92. The number of alkyl halides is 3. The zero-order valence-corrected chi connectivity index (χ0v) is 22.0. The van der Waals surface area contributed by atoms with Crippen LogP contribution < -0.4 is 32.2 Å². The third kappa shape index (κ3) is 8.95. The molecule has 0 spiro atoms. The predicted molar refractivity (Wildman–Crippen MR) is 133 cm³/mol. The van der Waals surface area contributed by atoms with Crippen molar-refractivity contribution in [3.8, 4) is 5.75 Å². The first-order valence-electron chi connectivity index (χ1n) is 10.3. The van der Waals surface area contributed by atoms with Gasteiger partial charge >= 0.3 is 12.1 Å². The third-order valence-electron chi connectivity index (χ3n) is 4.56. The first-order chi connectivity index (χ1) is 17.8. The number of guanidine groups is 1. The van der Waals surface area contributed by atoms with Crippen molar-refractivity contribution in [3.63, 3.8) is 0 Å². The van der Waals surface area contributed by atoms with Gasteiger partial charge in [0.2, 0.25) is 11.9 Å². The van der Waals surface area contributed by atoms with Gasteiger partial charge in [-0.2, -0.15) is 13.2 Å². The van der Waals surface area contributed by atoms with Gasteiger partial charge in [-0.15, -0.1) is 0 Å². The number of carboxylic acid groups (broad SMARTS) is 1. The maximum absolute atomic E-state index is 13.1. The van der Waals surface area contributed by atoms with E-state index in [4.69, 9.17) is 48.3 Å². The number of hydrogen-bond donors (Lipinski definition) is 5. The molecule has 0 aliphatic heterocycles. The quantitative estimate of drug-likeness (QED) is 0.155. The van der Waals surface area contributed by atoms with Gasteiger partial charge in [-0.3, -0.25) is 18.9 Å². The lowest BCUT2D eigenvalue weighted by Crippen LogP contribution is -2.42. The molecule has 2 rings (SSSR count). The number of sulfonamides is 1. The van der Waals surface area contributed by atoms with E-state index in [2.05, 4.69) is 9.88 Å². The van der Waals surface area contributed by atoms with E-state index in [0.29, 0.717) is 5.69 Å². The highest BCUT2D eigenvalue weighted by Gasteiger charge is 2.38. The van der Waals surface area contributed by atoms with Crippen LogP contribution >= 0.6 is 11.6 Å². The number of methoxy groups -OCH3 is 1. The molecule has 1 aromatic carbocycles. The molecular formula is C20H24ClF3N6O8S. The Bertz CT molecular complexity index is 1410. The Morgan fingerprint density at radius 1 is 1.18 bits per heavy atom. The minimum atomic E-state index is -5.08. The number of nitrogens with zero attached hydrogens (tertiary/aromatic N) is 2. The molecule has 8 N–H and O–H groups in total. The van der Waals surface area contributed by atoms with E-state index in [0.717, 1.165) is 4.57 Å². The molecule has 216 valence electrons. The number of amides is 1. The number of carbonyl (C=O) groups excluding carboxylic acids is 1. The maximum Gasteiger partial charge on any atom is 0.490 e. The van der Waals surface area contributed by atoms with Gasteiger partial charge in [-0.1, -0.05) is 11.6 Å². The van der Waals surface area contributed by atoms with Gasteiger partial charge in [0, 0.05) is 10.7 Å². The first kappa shape index (κ1) is 32.8. The minimum Gasteiger partial charge on any atom is -0.495 e. The fourth-order valence-corrected chi connectivity index (χ4v) is 4.39. The number of oxime groups is 1. The second kappa shape index (κ2) is 13.1. The molecule has 2 aromatic rings. The molecule has 2 atom stereocenters. The number of halogens is 4. The van der Waals surface area contributed by atoms with Gasteiger partial charge in [0.25, 0.3) is 15.6 Å². The fraction of sp³-hybridized carbons (Fsp3) is 0.300. The molecule has 19 heteroatoms. The Labute approximate surface area is 224 Å². The number of benzene rings is 1. The number of aliphatic carboxylic acids is 1. The number of nitrogens with two attached hydrogens (primary N) is 3. The number of aromatic nitrogens is 1. The number of nitrogens with one attached hydrogen (secondary N) is 1. The van der Waals surface area contributed by atoms with Crippen molar-refractivity contribution >= 4 is 45.1 Å². The summed E-state index contributed by atoms with van der Waals surface area (Å²) in [5.41, 5.74) is 15.0. The Balaban J connectivity index is 0.000000956. The lowest BCUT2D eigenvalue weighted by atomic mass is 10.1. The van der Waals surface area contributed by atoms with Crippen LogP contribution in [0, 0.1) is 6.92 Å². The SMILES string of the molecule is COc1ccc(Cl)cc1S(=O)(=O)Nc1ccc(C)n(C(C(N)=O)C(C)ON=C(N)N)c1=O.O=C(O)C(F)(F)F. The van der Waals surface area contributed by atoms with E-state index in [-0.39, 0.29) is 21.4 Å². The summed E-state index contributed by atoms with van der Waals surface area (Å²) >= 11 is 5.92. The average Bonchev–Trinajstić information content (AvgIpc) is 2.81. The number of pyridine rings is 1. The zero-order chi connectivity index (χ0) is 30.3. The van der Waals surface area contributed by atoms with Crippen molar-refractivity contribution < 1.29 is 45.9 Å². The van der Waals surface area contributed by atoms with Crippen molar-refractivity contribution in [3.05, 3.63) is 51.4 Å². The summed E-state index contributed by atoms with van der Waals surface area (Å²) in [6, 6.07) is 5.33. The third-order valence-corrected chi connectivity index (χ3v) is 6.18. The normalized spacial score (nSPS) is 12.7. The second-order valence-electron chi connectivity index (χ2n) is 7.44. The summed E-state index contributed by atoms with van der Waals surface area (Å²) in [5, 5.41) is 10.6. The predicted octanol–water partition coefficient (Wildman–Crippen LogP) is 0.873. The summed E-state index contributed by atoms with van der Waals surface area (Å²) in [4.78, 5) is 38.9. The van der Waals surface area contributed by atoms with Crippen molar-refractivity contribution in [2.45, 2.75) is 37.1 Å². The first-order valence-corrected chi connectivity index (χ1v) is 12.1. The monoisotopic (exact) mass is 600 g/mol. The molecule has 0 radical (unpaired) electrons. The molecule has 0 bridgehead atoms. The van der Waals surface area contributed by atoms with Gasteiger partial charge in [0.15, 0.2) is 12.1 Å². The summed E-state index contributed by atoms with van der Waals surface area (Å²) in [6.07, 6.45) is -6.15. The lowest BCUT2D eigenvalue weighted by molar-refractivity contribution is -0.192. The van der Waals surface area contributed by atoms with Crippen LogP contribution in [0.15, 0.2) is 45.2 Å². The number of hydrogen-bond acceptors (Lipinski definition) is 8.